The number of carboxylic acids is 1. The van der Waals surface area contributed by atoms with Crippen molar-refractivity contribution < 1.29 is 34.4 Å². The van der Waals surface area contributed by atoms with E-state index in [1.165, 1.54) is 23.8 Å². The fourth-order valence-corrected chi connectivity index (χ4v) is 12.2. The summed E-state index contributed by atoms with van der Waals surface area (Å²) in [7, 11) is 0. The largest absolute Gasteiger partial charge is 0.504 e. The van der Waals surface area contributed by atoms with E-state index >= 15 is 0 Å². The van der Waals surface area contributed by atoms with Crippen LogP contribution in [0.25, 0.3) is 11.0 Å². The van der Waals surface area contributed by atoms with E-state index in [1.807, 2.05) is 19.9 Å². The molecule has 4 fully saturated rings. The Morgan fingerprint density at radius 2 is 1.63 bits per heavy atom. The molecular weight excluding hydrogens is 656 g/mol. The van der Waals surface area contributed by atoms with Crippen LogP contribution in [0.4, 0.5) is 0 Å². The van der Waals surface area contributed by atoms with Crippen molar-refractivity contribution in [2.45, 2.75) is 132 Å². The summed E-state index contributed by atoms with van der Waals surface area (Å²) in [5, 5.41) is 43.5. The van der Waals surface area contributed by atoms with Gasteiger partial charge in [-0.2, -0.15) is 0 Å². The van der Waals surface area contributed by atoms with Crippen molar-refractivity contribution >= 4 is 16.9 Å². The van der Waals surface area contributed by atoms with Crippen LogP contribution in [-0.4, -0.2) is 45.2 Å². The SMILES string of the molecule is CC(C)=CCOc1cc2oc(=O)ccc2cc1O.CC1(C)CCC2(C(=O)O)C(O)CC3(C)C(=CCC4C5(C)CCC(O)C(C)(C)C5CCC43C)C2C1. The van der Waals surface area contributed by atoms with Crippen LogP contribution in [0.2, 0.25) is 0 Å². The molecule has 9 atom stereocenters. The number of benzene rings is 1. The van der Waals surface area contributed by atoms with Gasteiger partial charge in [0, 0.05) is 17.5 Å². The quantitative estimate of drug-likeness (QED) is 0.182. The molecule has 1 aromatic heterocycles. The van der Waals surface area contributed by atoms with Crippen molar-refractivity contribution in [3.8, 4) is 11.5 Å². The van der Waals surface area contributed by atoms with Gasteiger partial charge >= 0.3 is 11.6 Å². The molecule has 0 radical (unpaired) electrons. The number of ether oxygens (including phenoxy) is 1. The number of phenols is 1. The molecular formula is C44H62O8. The van der Waals surface area contributed by atoms with Crippen LogP contribution in [-0.2, 0) is 4.79 Å². The molecule has 286 valence electrons. The maximum Gasteiger partial charge on any atom is 0.336 e. The number of aliphatic hydroxyl groups excluding tert-OH is 2. The molecule has 7 rings (SSSR count). The van der Waals surface area contributed by atoms with Crippen molar-refractivity contribution in [1.82, 2.24) is 0 Å². The summed E-state index contributed by atoms with van der Waals surface area (Å²) < 4.78 is 10.4. The van der Waals surface area contributed by atoms with Crippen LogP contribution in [0, 0.1) is 50.2 Å². The van der Waals surface area contributed by atoms with E-state index < -0.39 is 23.1 Å². The van der Waals surface area contributed by atoms with Gasteiger partial charge in [-0.15, -0.1) is 0 Å². The van der Waals surface area contributed by atoms with E-state index in [9.17, 15) is 30.0 Å². The first-order valence-electron chi connectivity index (χ1n) is 19.5. The number of fused-ring (bicyclic) bond motifs is 8. The van der Waals surface area contributed by atoms with Gasteiger partial charge in [0.2, 0.25) is 0 Å². The van der Waals surface area contributed by atoms with Crippen LogP contribution in [0.3, 0.4) is 0 Å². The Labute approximate surface area is 309 Å². The van der Waals surface area contributed by atoms with Gasteiger partial charge in [0.25, 0.3) is 0 Å². The lowest BCUT2D eigenvalue weighted by Crippen LogP contribution is -2.67. The van der Waals surface area contributed by atoms with Crippen LogP contribution >= 0.6 is 0 Å². The summed E-state index contributed by atoms with van der Waals surface area (Å²) in [6.45, 7) is 20.7. The number of carbonyl (C=O) groups is 1. The number of hydrogen-bond acceptors (Lipinski definition) is 7. The lowest BCUT2D eigenvalue weighted by atomic mass is 9.33. The van der Waals surface area contributed by atoms with Crippen LogP contribution < -0.4 is 10.4 Å². The number of allylic oxidation sites excluding steroid dienone is 3. The Morgan fingerprint density at radius 3 is 2.31 bits per heavy atom. The van der Waals surface area contributed by atoms with Crippen molar-refractivity contribution in [2.24, 2.45) is 50.2 Å². The topological polar surface area (TPSA) is 137 Å². The summed E-state index contributed by atoms with van der Waals surface area (Å²) >= 11 is 0. The van der Waals surface area contributed by atoms with E-state index in [0.29, 0.717) is 48.0 Å². The first-order valence-corrected chi connectivity index (χ1v) is 19.5. The molecule has 8 nitrogen and oxygen atoms in total. The normalized spacial score (nSPS) is 38.5. The average molecular weight is 719 g/mol. The first kappa shape index (κ1) is 38.6. The molecule has 1 aromatic carbocycles. The van der Waals surface area contributed by atoms with Crippen molar-refractivity contribution in [3.63, 3.8) is 0 Å². The highest BCUT2D eigenvalue weighted by molar-refractivity contribution is 5.80. The third-order valence-corrected chi connectivity index (χ3v) is 15.5. The van der Waals surface area contributed by atoms with Gasteiger partial charge in [-0.1, -0.05) is 65.7 Å². The van der Waals surface area contributed by atoms with E-state index in [2.05, 4.69) is 54.5 Å². The van der Waals surface area contributed by atoms with Gasteiger partial charge in [-0.3, -0.25) is 4.79 Å². The van der Waals surface area contributed by atoms with Gasteiger partial charge in [0.1, 0.15) is 17.6 Å². The van der Waals surface area contributed by atoms with Crippen molar-refractivity contribution in [2.75, 3.05) is 6.61 Å². The monoisotopic (exact) mass is 718 g/mol. The Balaban J connectivity index is 0.000000217. The molecule has 4 N–H and O–H groups in total. The Kier molecular flexibility index (Phi) is 9.68. The minimum absolute atomic E-state index is 0.0218. The van der Waals surface area contributed by atoms with Gasteiger partial charge < -0.3 is 29.6 Å². The second kappa shape index (κ2) is 13.0. The molecule has 5 aliphatic carbocycles. The highest BCUT2D eigenvalue weighted by atomic mass is 16.5. The number of aliphatic hydroxyl groups is 2. The Bertz CT molecular complexity index is 1830. The maximum absolute atomic E-state index is 12.8. The molecule has 0 amide bonds. The van der Waals surface area contributed by atoms with E-state index in [-0.39, 0.29) is 44.8 Å². The first-order chi connectivity index (χ1) is 24.1. The second-order valence-electron chi connectivity index (χ2n) is 19.4. The molecule has 9 unspecified atom stereocenters. The minimum Gasteiger partial charge on any atom is -0.504 e. The number of aliphatic carboxylic acids is 1. The molecule has 0 spiro atoms. The summed E-state index contributed by atoms with van der Waals surface area (Å²) in [5.41, 5.74) is 1.39. The van der Waals surface area contributed by atoms with Crippen molar-refractivity contribution in [3.05, 3.63) is 58.0 Å². The molecule has 8 heteroatoms. The van der Waals surface area contributed by atoms with Crippen LogP contribution in [0.5, 0.6) is 11.5 Å². The number of aromatic hydroxyl groups is 1. The van der Waals surface area contributed by atoms with E-state index in [1.54, 1.807) is 6.07 Å². The van der Waals surface area contributed by atoms with Gasteiger partial charge in [-0.25, -0.2) is 4.79 Å². The molecule has 0 saturated heterocycles. The number of phenolic OH excluding ortho intramolecular Hbond substituents is 1. The lowest BCUT2D eigenvalue weighted by molar-refractivity contribution is -0.218. The predicted octanol–water partition coefficient (Wildman–Crippen LogP) is 9.05. The summed E-state index contributed by atoms with van der Waals surface area (Å²) in [4.78, 5) is 23.9. The standard InChI is InChI=1S/C30H48O4.C14H14O4/c1-25(2)14-15-30(24(33)34)19(16-25)18-8-9-21-27(5)12-11-22(31)26(3,4)20(27)10-13-28(21,6)29(18,7)17-23(30)32;1-9(2)5-6-17-13-8-12-10(7-11(13)15)3-4-14(16)18-12/h8,19-23,31-32H,9-17H2,1-7H3,(H,33,34);3-5,7-8,15H,6H2,1-2H3. The predicted molar refractivity (Wildman–Crippen MR) is 203 cm³/mol. The van der Waals surface area contributed by atoms with Crippen LogP contribution in [0.1, 0.15) is 120 Å². The lowest BCUT2D eigenvalue weighted by Gasteiger charge is -2.71. The van der Waals surface area contributed by atoms with Gasteiger partial charge in [0.15, 0.2) is 11.5 Å². The van der Waals surface area contributed by atoms with E-state index in [0.717, 1.165) is 50.5 Å². The van der Waals surface area contributed by atoms with Crippen molar-refractivity contribution in [1.29, 1.82) is 0 Å². The molecule has 52 heavy (non-hydrogen) atoms. The van der Waals surface area contributed by atoms with Gasteiger partial charge in [-0.05, 0) is 135 Å². The maximum atomic E-state index is 12.8. The molecule has 5 aliphatic rings. The Hall–Kier alpha value is -3.10. The van der Waals surface area contributed by atoms with Crippen LogP contribution in [0.15, 0.2) is 56.8 Å². The van der Waals surface area contributed by atoms with Gasteiger partial charge in [0.05, 0.1) is 12.2 Å². The highest BCUT2D eigenvalue weighted by Gasteiger charge is 2.71. The summed E-state index contributed by atoms with van der Waals surface area (Å²) in [6.07, 6.45) is 11.2. The molecule has 4 saturated carbocycles. The zero-order valence-electron chi connectivity index (χ0n) is 32.8. The fraction of sp³-hybridized carbons (Fsp3) is 0.682. The third-order valence-electron chi connectivity index (χ3n) is 15.5. The summed E-state index contributed by atoms with van der Waals surface area (Å²) in [5.74, 6) is 0.415. The zero-order chi connectivity index (χ0) is 38.2. The smallest absolute Gasteiger partial charge is 0.336 e. The average Bonchev–Trinajstić information content (AvgIpc) is 3.03. The molecule has 0 bridgehead atoms. The summed E-state index contributed by atoms with van der Waals surface area (Å²) in [6, 6.07) is 5.94. The zero-order valence-corrected chi connectivity index (χ0v) is 32.8. The Morgan fingerprint density at radius 1 is 0.923 bits per heavy atom. The fourth-order valence-electron chi connectivity index (χ4n) is 12.2. The molecule has 2 aromatic rings. The minimum atomic E-state index is -1.04. The molecule has 1 heterocycles. The number of rotatable bonds is 4. The number of carboxylic acid groups (broad SMARTS) is 1. The number of hydrogen-bond donors (Lipinski definition) is 4. The second-order valence-corrected chi connectivity index (χ2v) is 19.4. The third kappa shape index (κ3) is 5.95. The highest BCUT2D eigenvalue weighted by Crippen LogP contribution is 2.75. The molecule has 0 aliphatic heterocycles. The van der Waals surface area contributed by atoms with E-state index in [4.69, 9.17) is 9.15 Å².